The van der Waals surface area contributed by atoms with Crippen LogP contribution in [0.4, 0.5) is 0 Å². The van der Waals surface area contributed by atoms with Gasteiger partial charge in [-0.2, -0.15) is 0 Å². The Bertz CT molecular complexity index is 1060. The molecule has 0 aromatic heterocycles. The monoisotopic (exact) mass is 430 g/mol. The first-order chi connectivity index (χ1) is 15.6. The van der Waals surface area contributed by atoms with Crippen LogP contribution in [0.15, 0.2) is 65.7 Å². The first-order valence-electron chi connectivity index (χ1n) is 11.3. The van der Waals surface area contributed by atoms with Gasteiger partial charge in [-0.3, -0.25) is 9.59 Å². The highest BCUT2D eigenvalue weighted by atomic mass is 16.5. The van der Waals surface area contributed by atoms with Crippen molar-refractivity contribution >= 4 is 18.7 Å². The summed E-state index contributed by atoms with van der Waals surface area (Å²) in [6.45, 7) is 0.402. The zero-order valence-corrected chi connectivity index (χ0v) is 18.2. The molecule has 3 aliphatic rings. The number of fused-ring (bicyclic) bond motifs is 4. The highest BCUT2D eigenvalue weighted by molar-refractivity contribution is 6.43. The number of carbonyl (C=O) groups is 2. The quantitative estimate of drug-likeness (QED) is 0.578. The maximum absolute atomic E-state index is 13.6. The van der Waals surface area contributed by atoms with Gasteiger partial charge in [-0.1, -0.05) is 54.6 Å². The van der Waals surface area contributed by atoms with E-state index in [1.165, 1.54) is 5.56 Å². The third-order valence-corrected chi connectivity index (χ3v) is 7.22. The fraction of sp³-hybridized carbons (Fsp3) is 0.385. The number of carbonyl (C=O) groups excluding carboxylic acids is 2. The smallest absolute Gasteiger partial charge is 0.427 e. The Kier molecular flexibility index (Phi) is 5.85. The number of hydrogen-bond acceptors (Lipinski definition) is 5. The van der Waals surface area contributed by atoms with Gasteiger partial charge in [0.15, 0.2) is 11.6 Å². The van der Waals surface area contributed by atoms with E-state index in [-0.39, 0.29) is 23.6 Å². The molecule has 0 spiro atoms. The predicted octanol–water partition coefficient (Wildman–Crippen LogP) is 3.77. The van der Waals surface area contributed by atoms with Crippen LogP contribution < -0.4 is 0 Å². The lowest BCUT2D eigenvalue weighted by Crippen LogP contribution is -2.51. The second-order valence-corrected chi connectivity index (χ2v) is 9.05. The zero-order valence-electron chi connectivity index (χ0n) is 18.2. The number of methoxy groups -OCH3 is 1. The Hall–Kier alpha value is -2.54. The van der Waals surface area contributed by atoms with Crippen LogP contribution >= 0.6 is 0 Å². The third kappa shape index (κ3) is 3.66. The van der Waals surface area contributed by atoms with E-state index in [0.29, 0.717) is 36.9 Å². The zero-order chi connectivity index (χ0) is 22.2. The summed E-state index contributed by atoms with van der Waals surface area (Å²) < 4.78 is 11.5. The van der Waals surface area contributed by atoms with E-state index < -0.39 is 19.0 Å². The lowest BCUT2D eigenvalue weighted by Gasteiger charge is -2.47. The normalized spacial score (nSPS) is 27.1. The van der Waals surface area contributed by atoms with Gasteiger partial charge in [-0.15, -0.1) is 0 Å². The molecule has 4 atom stereocenters. The van der Waals surface area contributed by atoms with Gasteiger partial charge >= 0.3 is 7.12 Å². The summed E-state index contributed by atoms with van der Waals surface area (Å²) in [6, 6.07) is 17.3. The van der Waals surface area contributed by atoms with Gasteiger partial charge in [0.1, 0.15) is 0 Å². The maximum Gasteiger partial charge on any atom is 0.455 e. The van der Waals surface area contributed by atoms with Gasteiger partial charge in [0.25, 0.3) is 0 Å². The summed E-state index contributed by atoms with van der Waals surface area (Å²) in [5, 5.41) is 10.6. The van der Waals surface area contributed by atoms with Crippen LogP contribution in [-0.4, -0.2) is 43.5 Å². The van der Waals surface area contributed by atoms with Gasteiger partial charge in [-0.05, 0) is 48.2 Å². The molecule has 32 heavy (non-hydrogen) atoms. The van der Waals surface area contributed by atoms with Crippen LogP contribution in [-0.2, 0) is 15.8 Å². The topological polar surface area (TPSA) is 72.8 Å². The van der Waals surface area contributed by atoms with E-state index in [0.717, 1.165) is 17.6 Å². The van der Waals surface area contributed by atoms with Crippen LogP contribution in [0.5, 0.6) is 0 Å². The number of Topliss-reactive ketones (excluding diaryl/α,β-unsaturated/α-hetero) is 2. The van der Waals surface area contributed by atoms with Crippen molar-refractivity contribution < 1.29 is 24.0 Å². The Morgan fingerprint density at radius 3 is 2.41 bits per heavy atom. The average molecular weight is 430 g/mol. The summed E-state index contributed by atoms with van der Waals surface area (Å²) in [7, 11) is 0.696. The van der Waals surface area contributed by atoms with Crippen LogP contribution in [0.3, 0.4) is 0 Å². The lowest BCUT2D eigenvalue weighted by molar-refractivity contribution is 0.0584. The van der Waals surface area contributed by atoms with Crippen molar-refractivity contribution in [3.63, 3.8) is 0 Å². The van der Waals surface area contributed by atoms with Crippen molar-refractivity contribution in [2.24, 2.45) is 17.8 Å². The van der Waals surface area contributed by atoms with Crippen molar-refractivity contribution in [1.29, 1.82) is 0 Å². The van der Waals surface area contributed by atoms with Gasteiger partial charge in [0.05, 0.1) is 12.7 Å². The molecule has 0 radical (unpaired) electrons. The second kappa shape index (κ2) is 8.78. The second-order valence-electron chi connectivity index (χ2n) is 9.05. The van der Waals surface area contributed by atoms with Crippen LogP contribution in [0.1, 0.15) is 39.1 Å². The van der Waals surface area contributed by atoms with E-state index in [1.807, 2.05) is 30.3 Å². The van der Waals surface area contributed by atoms with Gasteiger partial charge < -0.3 is 14.4 Å². The molecule has 2 aromatic rings. The summed E-state index contributed by atoms with van der Waals surface area (Å²) in [5.41, 5.74) is 4.34. The van der Waals surface area contributed by atoms with Crippen LogP contribution in [0, 0.1) is 17.8 Å². The minimum atomic E-state index is -0.952. The van der Waals surface area contributed by atoms with E-state index in [4.69, 9.17) is 9.39 Å². The number of hydrogen-bond donors (Lipinski definition) is 1. The average Bonchev–Trinajstić information content (AvgIpc) is 2.81. The highest BCUT2D eigenvalue weighted by Gasteiger charge is 2.53. The molecule has 2 aromatic carbocycles. The van der Waals surface area contributed by atoms with E-state index in [1.54, 1.807) is 19.2 Å². The van der Waals surface area contributed by atoms with Crippen molar-refractivity contribution in [3.05, 3.63) is 82.4 Å². The van der Waals surface area contributed by atoms with Crippen LogP contribution in [0.25, 0.3) is 0 Å². The molecule has 5 nitrogen and oxygen atoms in total. The van der Waals surface area contributed by atoms with E-state index in [9.17, 15) is 14.6 Å². The first kappa shape index (κ1) is 21.3. The molecule has 1 N–H and O–H groups in total. The Morgan fingerprint density at radius 2 is 1.69 bits per heavy atom. The summed E-state index contributed by atoms with van der Waals surface area (Å²) >= 11 is 0. The SMILES string of the molecule is COCC1=C2[C@@H](CCc3ccccc3)OB(O)C[C@@H]2[C@@H]2C(=O)c3ccccc3C(=O)[C@@H]2C1. The molecule has 1 fully saturated rings. The van der Waals surface area contributed by atoms with Gasteiger partial charge in [0, 0.05) is 30.1 Å². The minimum absolute atomic E-state index is 0.0140. The van der Waals surface area contributed by atoms with Crippen molar-refractivity contribution in [1.82, 2.24) is 0 Å². The molecule has 0 amide bonds. The van der Waals surface area contributed by atoms with Crippen molar-refractivity contribution in [3.8, 4) is 0 Å². The lowest BCUT2D eigenvalue weighted by atomic mass is 9.54. The molecule has 5 rings (SSSR count). The summed E-state index contributed by atoms with van der Waals surface area (Å²) in [6.07, 6.45) is 2.04. The van der Waals surface area contributed by atoms with Gasteiger partial charge in [0.2, 0.25) is 0 Å². The van der Waals surface area contributed by atoms with E-state index >= 15 is 0 Å². The molecule has 1 aliphatic heterocycles. The molecule has 0 saturated carbocycles. The van der Waals surface area contributed by atoms with Crippen LogP contribution in [0.2, 0.25) is 6.32 Å². The fourth-order valence-corrected chi connectivity index (χ4v) is 5.92. The molecule has 164 valence electrons. The molecular formula is C26H27BO5. The Morgan fingerprint density at radius 1 is 1.00 bits per heavy atom. The number of ketones is 2. The summed E-state index contributed by atoms with van der Waals surface area (Å²) in [5.74, 6) is -1.03. The molecule has 2 aliphatic carbocycles. The molecule has 0 bridgehead atoms. The molecule has 6 heteroatoms. The summed E-state index contributed by atoms with van der Waals surface area (Å²) in [4.78, 5) is 27.0. The largest absolute Gasteiger partial charge is 0.455 e. The minimum Gasteiger partial charge on any atom is -0.427 e. The fourth-order valence-electron chi connectivity index (χ4n) is 5.92. The molecular weight excluding hydrogens is 403 g/mol. The molecule has 1 heterocycles. The highest BCUT2D eigenvalue weighted by Crippen LogP contribution is 2.50. The third-order valence-electron chi connectivity index (χ3n) is 7.22. The Balaban J connectivity index is 1.53. The number of rotatable bonds is 5. The standard InChI is InChI=1S/C26H27BO5/c1-31-15-17-13-20-24(26(29)19-10-6-5-9-18(19)25(20)28)21-14-27(30)32-22(23(17)21)12-11-16-7-3-2-4-8-16/h2-10,20-22,24,30H,11-15H2,1H3/t20-,21+,22-,24-/m1/s1. The van der Waals surface area contributed by atoms with Gasteiger partial charge in [-0.25, -0.2) is 0 Å². The molecule has 0 unspecified atom stereocenters. The van der Waals surface area contributed by atoms with Crippen molar-refractivity contribution in [2.45, 2.75) is 31.7 Å². The maximum atomic E-state index is 13.6. The number of aryl methyl sites for hydroxylation is 1. The molecule has 1 saturated heterocycles. The van der Waals surface area contributed by atoms with E-state index in [2.05, 4.69) is 12.1 Å². The van der Waals surface area contributed by atoms with Crippen molar-refractivity contribution in [2.75, 3.05) is 13.7 Å². The number of benzene rings is 2. The number of ether oxygens (including phenoxy) is 1. The first-order valence-corrected chi connectivity index (χ1v) is 11.3. The predicted molar refractivity (Wildman–Crippen MR) is 122 cm³/mol. The Labute approximate surface area is 188 Å².